The Hall–Kier alpha value is -0.780. The normalized spacial score (nSPS) is 38.8. The van der Waals surface area contributed by atoms with E-state index in [0.717, 1.165) is 35.5 Å². The summed E-state index contributed by atoms with van der Waals surface area (Å²) in [4.78, 5) is 0. The second-order valence-electron chi connectivity index (χ2n) is 10.2. The average molecular weight is 353 g/mol. The molecule has 1 aromatic carbocycles. The summed E-state index contributed by atoms with van der Waals surface area (Å²) < 4.78 is 0. The zero-order chi connectivity index (χ0) is 17.8. The molecule has 1 aromatic rings. The Morgan fingerprint density at radius 2 is 1.12 bits per heavy atom. The van der Waals surface area contributed by atoms with Crippen LogP contribution in [-0.4, -0.2) is 0 Å². The minimum Gasteiger partial charge on any atom is -0.0625 e. The van der Waals surface area contributed by atoms with E-state index in [-0.39, 0.29) is 0 Å². The van der Waals surface area contributed by atoms with Crippen LogP contribution in [0.3, 0.4) is 0 Å². The summed E-state index contributed by atoms with van der Waals surface area (Å²) in [6, 6.07) is 11.3. The lowest BCUT2D eigenvalue weighted by Crippen LogP contribution is -2.26. The molecular formula is C26H40. The predicted molar refractivity (Wildman–Crippen MR) is 112 cm³/mol. The van der Waals surface area contributed by atoms with Crippen molar-refractivity contribution in [1.82, 2.24) is 0 Å². The number of rotatable bonds is 4. The van der Waals surface area contributed by atoms with Crippen molar-refractivity contribution < 1.29 is 0 Å². The third-order valence-electron chi connectivity index (χ3n) is 8.40. The highest BCUT2D eigenvalue weighted by Gasteiger charge is 2.32. The van der Waals surface area contributed by atoms with Gasteiger partial charge in [0, 0.05) is 0 Å². The van der Waals surface area contributed by atoms with E-state index in [4.69, 9.17) is 0 Å². The monoisotopic (exact) mass is 352 g/mol. The van der Waals surface area contributed by atoms with Gasteiger partial charge in [-0.2, -0.15) is 0 Å². The lowest BCUT2D eigenvalue weighted by Gasteiger charge is -2.39. The molecule has 3 fully saturated rings. The van der Waals surface area contributed by atoms with Crippen molar-refractivity contribution in [3.63, 3.8) is 0 Å². The molecule has 0 aromatic heterocycles. The lowest BCUT2D eigenvalue weighted by atomic mass is 9.67. The van der Waals surface area contributed by atoms with Crippen LogP contribution in [0, 0.1) is 29.6 Å². The second-order valence-corrected chi connectivity index (χ2v) is 10.2. The third kappa shape index (κ3) is 4.73. The first-order chi connectivity index (χ1) is 12.8. The molecule has 0 heteroatoms. The van der Waals surface area contributed by atoms with Crippen molar-refractivity contribution in [1.29, 1.82) is 0 Å². The molecule has 0 saturated heterocycles. The minimum atomic E-state index is 0.845. The molecule has 0 spiro atoms. The Labute approximate surface area is 162 Å². The minimum absolute atomic E-state index is 0.845. The first kappa shape index (κ1) is 18.6. The number of benzene rings is 1. The lowest BCUT2D eigenvalue weighted by molar-refractivity contribution is 0.140. The molecule has 0 radical (unpaired) electrons. The molecule has 3 aliphatic carbocycles. The van der Waals surface area contributed by atoms with Crippen LogP contribution < -0.4 is 0 Å². The smallest absolute Gasteiger partial charge is 0.0162 e. The molecular weight excluding hydrogens is 312 g/mol. The molecule has 0 N–H and O–H groups in total. The predicted octanol–water partition coefficient (Wildman–Crippen LogP) is 7.98. The Bertz CT molecular complexity index is 508. The quantitative estimate of drug-likeness (QED) is 0.515. The van der Waals surface area contributed by atoms with Crippen molar-refractivity contribution in [3.8, 4) is 0 Å². The van der Waals surface area contributed by atoms with Crippen LogP contribution in [0.2, 0.25) is 0 Å². The van der Waals surface area contributed by atoms with Crippen molar-refractivity contribution in [3.05, 3.63) is 35.9 Å². The Morgan fingerprint density at radius 3 is 1.69 bits per heavy atom. The number of hydrogen-bond acceptors (Lipinski definition) is 0. The Morgan fingerprint density at radius 1 is 0.615 bits per heavy atom. The third-order valence-corrected chi connectivity index (χ3v) is 8.40. The average Bonchev–Trinajstić information content (AvgIpc) is 2.71. The van der Waals surface area contributed by atoms with Crippen molar-refractivity contribution in [2.75, 3.05) is 0 Å². The van der Waals surface area contributed by atoms with E-state index in [1.165, 1.54) is 51.4 Å². The highest BCUT2D eigenvalue weighted by Crippen LogP contribution is 2.45. The molecule has 3 saturated carbocycles. The first-order valence-corrected chi connectivity index (χ1v) is 11.8. The SMILES string of the molecule is CC1CCC(CC2CCC(C3CCC(c4ccccc4)CC3)CC2)CC1. The highest BCUT2D eigenvalue weighted by molar-refractivity contribution is 5.19. The van der Waals surface area contributed by atoms with Gasteiger partial charge in [-0.3, -0.25) is 0 Å². The fourth-order valence-corrected chi connectivity index (χ4v) is 6.58. The van der Waals surface area contributed by atoms with Crippen molar-refractivity contribution in [2.24, 2.45) is 29.6 Å². The molecule has 0 heterocycles. The fraction of sp³-hybridized carbons (Fsp3) is 0.769. The maximum atomic E-state index is 2.45. The zero-order valence-electron chi connectivity index (χ0n) is 17.0. The van der Waals surface area contributed by atoms with Gasteiger partial charge in [0.25, 0.3) is 0 Å². The van der Waals surface area contributed by atoms with Gasteiger partial charge in [-0.25, -0.2) is 0 Å². The van der Waals surface area contributed by atoms with Crippen LogP contribution in [0.15, 0.2) is 30.3 Å². The van der Waals surface area contributed by atoms with Crippen LogP contribution in [0.1, 0.15) is 102 Å². The van der Waals surface area contributed by atoms with Gasteiger partial charge in [0.1, 0.15) is 0 Å². The summed E-state index contributed by atoms with van der Waals surface area (Å²) in [5, 5.41) is 0. The van der Waals surface area contributed by atoms with Crippen LogP contribution >= 0.6 is 0 Å². The molecule has 0 atom stereocenters. The number of hydrogen-bond donors (Lipinski definition) is 0. The van der Waals surface area contributed by atoms with E-state index in [9.17, 15) is 0 Å². The van der Waals surface area contributed by atoms with Crippen LogP contribution in [-0.2, 0) is 0 Å². The van der Waals surface area contributed by atoms with E-state index >= 15 is 0 Å². The Kier molecular flexibility index (Phi) is 6.39. The summed E-state index contributed by atoms with van der Waals surface area (Å²) in [6.07, 6.45) is 19.7. The van der Waals surface area contributed by atoms with Gasteiger partial charge in [-0.05, 0) is 86.0 Å². The van der Waals surface area contributed by atoms with Gasteiger partial charge >= 0.3 is 0 Å². The van der Waals surface area contributed by atoms with Gasteiger partial charge in [-0.15, -0.1) is 0 Å². The van der Waals surface area contributed by atoms with Crippen LogP contribution in [0.5, 0.6) is 0 Å². The van der Waals surface area contributed by atoms with E-state index < -0.39 is 0 Å². The standard InChI is InChI=1S/C26H40/c1-20-7-9-21(10-8-20)19-22-11-13-24(14-12-22)26-17-15-25(16-18-26)23-5-3-2-4-6-23/h2-6,20-22,24-26H,7-19H2,1H3. The molecule has 26 heavy (non-hydrogen) atoms. The molecule has 4 rings (SSSR count). The molecule has 0 nitrogen and oxygen atoms in total. The molecule has 0 aliphatic heterocycles. The van der Waals surface area contributed by atoms with E-state index in [0.29, 0.717) is 0 Å². The first-order valence-electron chi connectivity index (χ1n) is 11.8. The van der Waals surface area contributed by atoms with Gasteiger partial charge < -0.3 is 0 Å². The van der Waals surface area contributed by atoms with Gasteiger partial charge in [0.15, 0.2) is 0 Å². The topological polar surface area (TPSA) is 0 Å². The molecule has 0 bridgehead atoms. The highest BCUT2D eigenvalue weighted by atomic mass is 14.4. The summed E-state index contributed by atoms with van der Waals surface area (Å²) in [6.45, 7) is 2.45. The molecule has 0 amide bonds. The van der Waals surface area contributed by atoms with Crippen molar-refractivity contribution in [2.45, 2.75) is 96.3 Å². The van der Waals surface area contributed by atoms with E-state index in [1.807, 2.05) is 0 Å². The van der Waals surface area contributed by atoms with Crippen LogP contribution in [0.4, 0.5) is 0 Å². The van der Waals surface area contributed by atoms with E-state index in [1.54, 1.807) is 37.7 Å². The summed E-state index contributed by atoms with van der Waals surface area (Å²) in [7, 11) is 0. The Balaban J connectivity index is 1.18. The van der Waals surface area contributed by atoms with Gasteiger partial charge in [0.05, 0.1) is 0 Å². The summed E-state index contributed by atoms with van der Waals surface area (Å²) >= 11 is 0. The molecule has 0 unspecified atom stereocenters. The van der Waals surface area contributed by atoms with Crippen LogP contribution in [0.25, 0.3) is 0 Å². The summed E-state index contributed by atoms with van der Waals surface area (Å²) in [5.41, 5.74) is 1.59. The van der Waals surface area contributed by atoms with Gasteiger partial charge in [-0.1, -0.05) is 75.8 Å². The largest absolute Gasteiger partial charge is 0.0625 e. The second kappa shape index (κ2) is 8.94. The maximum absolute atomic E-state index is 2.45. The van der Waals surface area contributed by atoms with E-state index in [2.05, 4.69) is 37.3 Å². The molecule has 3 aliphatic rings. The fourth-order valence-electron chi connectivity index (χ4n) is 6.58. The maximum Gasteiger partial charge on any atom is -0.0162 e. The summed E-state index contributed by atoms with van der Waals surface area (Å²) in [5.74, 6) is 6.12. The van der Waals surface area contributed by atoms with Crippen molar-refractivity contribution >= 4 is 0 Å². The molecule has 144 valence electrons. The van der Waals surface area contributed by atoms with Gasteiger partial charge in [0.2, 0.25) is 0 Å². The zero-order valence-corrected chi connectivity index (χ0v) is 17.0.